The second-order valence-corrected chi connectivity index (χ2v) is 8.89. The Morgan fingerprint density at radius 1 is 1.06 bits per heavy atom. The lowest BCUT2D eigenvalue weighted by Crippen LogP contribution is -2.38. The van der Waals surface area contributed by atoms with Gasteiger partial charge in [0.25, 0.3) is 5.56 Å². The zero-order valence-corrected chi connectivity index (χ0v) is 19.4. The molecule has 35 heavy (non-hydrogen) atoms. The van der Waals surface area contributed by atoms with Gasteiger partial charge in [-0.05, 0) is 66.2 Å². The Hall–Kier alpha value is -3.92. The minimum absolute atomic E-state index is 0.161. The fraction of sp³-hybridized carbons (Fsp3) is 0.360. The number of benzene rings is 2. The number of likely N-dealkylation sites (tertiary alicyclic amines) is 1. The number of methoxy groups -OCH3 is 1. The van der Waals surface area contributed by atoms with Gasteiger partial charge >= 0.3 is 0 Å². The zero-order chi connectivity index (χ0) is 23.8. The molecule has 4 heterocycles. The number of tetrazole rings is 1. The quantitative estimate of drug-likeness (QED) is 0.455. The largest absolute Gasteiger partial charge is 0.497 e. The van der Waals surface area contributed by atoms with Crippen molar-refractivity contribution >= 4 is 10.9 Å². The van der Waals surface area contributed by atoms with Crippen LogP contribution < -0.4 is 19.8 Å². The van der Waals surface area contributed by atoms with Crippen LogP contribution in [0.4, 0.5) is 0 Å². The van der Waals surface area contributed by atoms with E-state index >= 15 is 0 Å². The van der Waals surface area contributed by atoms with Crippen molar-refractivity contribution in [2.24, 2.45) is 0 Å². The molecule has 0 radical (unpaired) electrons. The topological polar surface area (TPSA) is 107 Å². The summed E-state index contributed by atoms with van der Waals surface area (Å²) < 4.78 is 18.1. The van der Waals surface area contributed by atoms with Crippen LogP contribution in [0.15, 0.2) is 47.3 Å². The Kier molecular flexibility index (Phi) is 5.57. The number of hydrogen-bond acceptors (Lipinski definition) is 8. The summed E-state index contributed by atoms with van der Waals surface area (Å²) in [5.41, 5.74) is 2.20. The van der Waals surface area contributed by atoms with Crippen molar-refractivity contribution in [3.05, 3.63) is 69.8 Å². The lowest BCUT2D eigenvalue weighted by molar-refractivity contribution is 0.174. The molecule has 0 spiro atoms. The monoisotopic (exact) mass is 474 g/mol. The number of nitrogens with zero attached hydrogens (tertiary/aromatic N) is 5. The second kappa shape index (κ2) is 9.03. The van der Waals surface area contributed by atoms with Crippen molar-refractivity contribution in [1.29, 1.82) is 0 Å². The Morgan fingerprint density at radius 3 is 2.60 bits per heavy atom. The van der Waals surface area contributed by atoms with E-state index in [1.165, 1.54) is 6.42 Å². The van der Waals surface area contributed by atoms with E-state index < -0.39 is 0 Å². The highest BCUT2D eigenvalue weighted by atomic mass is 16.7. The Labute approximate surface area is 201 Å². The number of nitrogens with one attached hydrogen (secondary N) is 1. The van der Waals surface area contributed by atoms with E-state index in [4.69, 9.17) is 14.2 Å². The number of rotatable bonds is 6. The SMILES string of the molecule is COc1ccc(Cn2nnnc2[C@H](c2cc3cc4c(cc3[nH]c2=O)OCO4)N2CCCCC2)cc1. The van der Waals surface area contributed by atoms with Gasteiger partial charge in [-0.1, -0.05) is 18.6 Å². The summed E-state index contributed by atoms with van der Waals surface area (Å²) in [4.78, 5) is 18.8. The van der Waals surface area contributed by atoms with Crippen LogP contribution >= 0.6 is 0 Å². The van der Waals surface area contributed by atoms with Crippen LogP contribution in [-0.4, -0.2) is 57.1 Å². The van der Waals surface area contributed by atoms with E-state index in [1.807, 2.05) is 42.5 Å². The lowest BCUT2D eigenvalue weighted by Gasteiger charge is -2.33. The van der Waals surface area contributed by atoms with Gasteiger partial charge in [-0.3, -0.25) is 9.69 Å². The predicted octanol–water partition coefficient (Wildman–Crippen LogP) is 2.88. The first-order chi connectivity index (χ1) is 17.2. The summed E-state index contributed by atoms with van der Waals surface area (Å²) in [6.45, 7) is 2.41. The molecule has 1 atom stereocenters. The summed E-state index contributed by atoms with van der Waals surface area (Å²) in [6.07, 6.45) is 3.32. The maximum atomic E-state index is 13.4. The molecule has 2 aliphatic heterocycles. The van der Waals surface area contributed by atoms with Gasteiger partial charge in [-0.15, -0.1) is 5.10 Å². The van der Waals surface area contributed by atoms with Gasteiger partial charge in [0.2, 0.25) is 6.79 Å². The van der Waals surface area contributed by atoms with Crippen molar-refractivity contribution < 1.29 is 14.2 Å². The van der Waals surface area contributed by atoms with E-state index in [-0.39, 0.29) is 18.4 Å². The first-order valence-electron chi connectivity index (χ1n) is 11.8. The van der Waals surface area contributed by atoms with Crippen LogP contribution in [-0.2, 0) is 6.54 Å². The molecule has 1 saturated heterocycles. The average molecular weight is 475 g/mol. The minimum atomic E-state index is -0.373. The van der Waals surface area contributed by atoms with Crippen LogP contribution in [0.2, 0.25) is 0 Å². The average Bonchev–Trinajstić information content (AvgIpc) is 3.54. The van der Waals surface area contributed by atoms with Crippen molar-refractivity contribution in [1.82, 2.24) is 30.1 Å². The molecule has 0 saturated carbocycles. The third-order valence-corrected chi connectivity index (χ3v) is 6.71. The molecular weight excluding hydrogens is 448 g/mol. The number of pyridine rings is 1. The molecule has 2 aromatic heterocycles. The Bertz CT molecular complexity index is 1410. The number of piperidine rings is 1. The van der Waals surface area contributed by atoms with Gasteiger partial charge in [-0.2, -0.15) is 0 Å². The van der Waals surface area contributed by atoms with Gasteiger partial charge in [0.05, 0.1) is 19.2 Å². The fourth-order valence-electron chi connectivity index (χ4n) is 4.92. The highest BCUT2D eigenvalue weighted by Gasteiger charge is 2.31. The van der Waals surface area contributed by atoms with Crippen LogP contribution in [0.5, 0.6) is 17.2 Å². The number of aromatic amines is 1. The summed E-state index contributed by atoms with van der Waals surface area (Å²) in [5.74, 6) is 2.75. The Balaban J connectivity index is 1.43. The summed E-state index contributed by atoms with van der Waals surface area (Å²) >= 11 is 0. The van der Waals surface area contributed by atoms with E-state index in [2.05, 4.69) is 25.4 Å². The molecule has 0 amide bonds. The molecule has 6 rings (SSSR count). The van der Waals surface area contributed by atoms with Crippen LogP contribution in [0.25, 0.3) is 10.9 Å². The molecular formula is C25H26N6O4. The summed E-state index contributed by atoms with van der Waals surface area (Å²) in [7, 11) is 1.65. The molecule has 0 aliphatic carbocycles. The van der Waals surface area contributed by atoms with Crippen molar-refractivity contribution in [2.45, 2.75) is 31.8 Å². The van der Waals surface area contributed by atoms with Crippen LogP contribution in [0.1, 0.15) is 42.3 Å². The molecule has 10 nitrogen and oxygen atoms in total. The minimum Gasteiger partial charge on any atom is -0.497 e. The Morgan fingerprint density at radius 2 is 1.83 bits per heavy atom. The van der Waals surface area contributed by atoms with Crippen molar-refractivity contribution in [2.75, 3.05) is 27.0 Å². The number of fused-ring (bicyclic) bond motifs is 2. The standard InChI is InChI=1S/C25H26N6O4/c1-33-18-7-5-16(6-8-18)14-31-24(27-28-29-31)23(30-9-3-2-4-10-30)19-11-17-12-21-22(35-15-34-21)13-20(17)26-25(19)32/h5-8,11-13,23H,2-4,9-10,14-15H2,1H3,(H,26,32)/t23-/m0/s1. The number of ether oxygens (including phenoxy) is 3. The highest BCUT2D eigenvalue weighted by molar-refractivity contribution is 5.83. The van der Waals surface area contributed by atoms with Gasteiger partial charge in [0.15, 0.2) is 17.3 Å². The van der Waals surface area contributed by atoms with Crippen LogP contribution in [0.3, 0.4) is 0 Å². The molecule has 0 unspecified atom stereocenters. The predicted molar refractivity (Wildman–Crippen MR) is 128 cm³/mol. The van der Waals surface area contributed by atoms with E-state index in [0.717, 1.165) is 42.6 Å². The number of H-pyrrole nitrogens is 1. The van der Waals surface area contributed by atoms with E-state index in [1.54, 1.807) is 11.8 Å². The molecule has 4 aromatic rings. The van der Waals surface area contributed by atoms with Crippen molar-refractivity contribution in [3.63, 3.8) is 0 Å². The third-order valence-electron chi connectivity index (χ3n) is 6.71. The number of hydrogen-bond donors (Lipinski definition) is 1. The summed E-state index contributed by atoms with van der Waals surface area (Å²) in [5, 5.41) is 13.6. The zero-order valence-electron chi connectivity index (χ0n) is 19.4. The van der Waals surface area contributed by atoms with Gasteiger partial charge in [-0.25, -0.2) is 4.68 Å². The first kappa shape index (κ1) is 21.6. The lowest BCUT2D eigenvalue weighted by atomic mass is 10.00. The molecule has 1 N–H and O–H groups in total. The molecule has 0 bridgehead atoms. The molecule has 2 aliphatic rings. The summed E-state index contributed by atoms with van der Waals surface area (Å²) in [6, 6.07) is 13.1. The second-order valence-electron chi connectivity index (χ2n) is 8.89. The molecule has 10 heteroatoms. The van der Waals surface area contributed by atoms with E-state index in [0.29, 0.717) is 34.9 Å². The fourth-order valence-corrected chi connectivity index (χ4v) is 4.92. The van der Waals surface area contributed by atoms with Crippen molar-refractivity contribution in [3.8, 4) is 17.2 Å². The normalized spacial score (nSPS) is 16.5. The first-order valence-corrected chi connectivity index (χ1v) is 11.8. The van der Waals surface area contributed by atoms with Gasteiger partial charge in [0, 0.05) is 17.0 Å². The van der Waals surface area contributed by atoms with Crippen LogP contribution in [0, 0.1) is 0 Å². The molecule has 180 valence electrons. The van der Waals surface area contributed by atoms with Gasteiger partial charge < -0.3 is 19.2 Å². The highest BCUT2D eigenvalue weighted by Crippen LogP contribution is 2.36. The third kappa shape index (κ3) is 4.10. The van der Waals surface area contributed by atoms with Gasteiger partial charge in [0.1, 0.15) is 11.8 Å². The smallest absolute Gasteiger partial charge is 0.253 e. The maximum Gasteiger partial charge on any atom is 0.253 e. The number of aromatic nitrogens is 5. The van der Waals surface area contributed by atoms with E-state index in [9.17, 15) is 4.79 Å². The molecule has 1 fully saturated rings. The molecule has 2 aromatic carbocycles. The maximum absolute atomic E-state index is 13.4.